The van der Waals surface area contributed by atoms with Crippen molar-refractivity contribution < 1.29 is 17.9 Å². The molecule has 0 spiro atoms. The summed E-state index contributed by atoms with van der Waals surface area (Å²) < 4.78 is 32.0. The topological polar surface area (TPSA) is 75.7 Å². The smallest absolute Gasteiger partial charge is 0.244 e. The van der Waals surface area contributed by atoms with Crippen LogP contribution in [0.5, 0.6) is 5.75 Å². The molecule has 0 aromatic heterocycles. The van der Waals surface area contributed by atoms with Crippen molar-refractivity contribution in [3.63, 3.8) is 0 Å². The molecule has 2 atom stereocenters. The zero-order valence-corrected chi connectivity index (χ0v) is 22.4. The van der Waals surface area contributed by atoms with E-state index in [1.165, 1.54) is 18.2 Å². The molecule has 2 aromatic carbocycles. The predicted molar refractivity (Wildman–Crippen MR) is 136 cm³/mol. The van der Waals surface area contributed by atoms with Crippen LogP contribution in [0.1, 0.15) is 62.8 Å². The van der Waals surface area contributed by atoms with Gasteiger partial charge in [-0.3, -0.25) is 9.10 Å². The monoisotopic (exact) mass is 514 g/mol. The third-order valence-electron chi connectivity index (χ3n) is 5.55. The third kappa shape index (κ3) is 6.34. The molecule has 0 aliphatic carbocycles. The number of halogens is 2. The third-order valence-corrected chi connectivity index (χ3v) is 7.47. The minimum atomic E-state index is -3.79. The minimum Gasteiger partial charge on any atom is -0.496 e. The standard InChI is InChI=1S/C24H32Cl2N2O4S/c1-8-22(28(33(7,30)31)17-9-10-20(25)21(26)12-17)24(29)27-16(5)19-13-18(14(2)3)23(32-6)11-15(19)4/h9-14,16,22H,8H2,1-7H3,(H,27,29)/t16-,22-/m0/s1. The van der Waals surface area contributed by atoms with Crippen LogP contribution in [0.4, 0.5) is 5.69 Å². The largest absolute Gasteiger partial charge is 0.496 e. The SMILES string of the molecule is CC[C@@H](C(=O)N[C@@H](C)c1cc(C(C)C)c(OC)cc1C)N(c1ccc(Cl)c(Cl)c1)S(C)(=O)=O. The van der Waals surface area contributed by atoms with Crippen LogP contribution in [-0.4, -0.2) is 33.7 Å². The van der Waals surface area contributed by atoms with Crippen molar-refractivity contribution in [2.45, 2.75) is 59.0 Å². The number of anilines is 1. The van der Waals surface area contributed by atoms with Gasteiger partial charge in [0.2, 0.25) is 15.9 Å². The second-order valence-corrected chi connectivity index (χ2v) is 11.1. The highest BCUT2D eigenvalue weighted by atomic mass is 35.5. The van der Waals surface area contributed by atoms with Gasteiger partial charge in [0, 0.05) is 0 Å². The van der Waals surface area contributed by atoms with Gasteiger partial charge in [-0.15, -0.1) is 0 Å². The Morgan fingerprint density at radius 2 is 1.73 bits per heavy atom. The maximum absolute atomic E-state index is 13.3. The Morgan fingerprint density at radius 1 is 1.09 bits per heavy atom. The second kappa shape index (κ2) is 11.0. The number of benzene rings is 2. The molecule has 0 unspecified atom stereocenters. The maximum atomic E-state index is 13.3. The first-order chi connectivity index (χ1) is 15.3. The Morgan fingerprint density at radius 3 is 2.21 bits per heavy atom. The molecule has 0 aliphatic rings. The van der Waals surface area contributed by atoms with E-state index in [1.807, 2.05) is 26.0 Å². The van der Waals surface area contributed by atoms with Crippen molar-refractivity contribution in [3.8, 4) is 5.75 Å². The van der Waals surface area contributed by atoms with Crippen LogP contribution < -0.4 is 14.4 Å². The highest BCUT2D eigenvalue weighted by molar-refractivity contribution is 7.92. The molecule has 0 aliphatic heterocycles. The molecule has 182 valence electrons. The molecule has 0 saturated carbocycles. The van der Waals surface area contributed by atoms with E-state index in [0.717, 1.165) is 33.0 Å². The van der Waals surface area contributed by atoms with Crippen LogP contribution in [0.3, 0.4) is 0 Å². The number of aryl methyl sites for hydroxylation is 1. The molecular formula is C24H32Cl2N2O4S. The molecular weight excluding hydrogens is 483 g/mol. The van der Waals surface area contributed by atoms with Crippen molar-refractivity contribution in [2.75, 3.05) is 17.7 Å². The molecule has 0 fully saturated rings. The van der Waals surface area contributed by atoms with Crippen LogP contribution in [0, 0.1) is 6.92 Å². The van der Waals surface area contributed by atoms with Crippen molar-refractivity contribution in [2.24, 2.45) is 0 Å². The van der Waals surface area contributed by atoms with Crippen LogP contribution in [0.2, 0.25) is 10.0 Å². The highest BCUT2D eigenvalue weighted by Crippen LogP contribution is 2.33. The summed E-state index contributed by atoms with van der Waals surface area (Å²) in [6.45, 7) is 9.76. The summed E-state index contributed by atoms with van der Waals surface area (Å²) in [5.74, 6) is 0.642. The van der Waals surface area contributed by atoms with Gasteiger partial charge in [0.05, 0.1) is 35.1 Å². The van der Waals surface area contributed by atoms with E-state index >= 15 is 0 Å². The number of nitrogens with one attached hydrogen (secondary N) is 1. The Kier molecular flexibility index (Phi) is 9.08. The Labute approximate surface area is 207 Å². The van der Waals surface area contributed by atoms with Crippen LogP contribution in [0.15, 0.2) is 30.3 Å². The first-order valence-corrected chi connectivity index (χ1v) is 13.3. The average Bonchev–Trinajstić information content (AvgIpc) is 2.72. The van der Waals surface area contributed by atoms with E-state index in [-0.39, 0.29) is 29.1 Å². The lowest BCUT2D eigenvalue weighted by Gasteiger charge is -2.31. The van der Waals surface area contributed by atoms with E-state index in [1.54, 1.807) is 14.0 Å². The lowest BCUT2D eigenvalue weighted by atomic mass is 9.93. The van der Waals surface area contributed by atoms with Gasteiger partial charge in [0.1, 0.15) is 11.8 Å². The van der Waals surface area contributed by atoms with E-state index in [4.69, 9.17) is 27.9 Å². The quantitative estimate of drug-likeness (QED) is 0.454. The number of sulfonamides is 1. The first-order valence-electron chi connectivity index (χ1n) is 10.7. The Balaban J connectivity index is 2.41. The van der Waals surface area contributed by atoms with Gasteiger partial charge in [-0.1, -0.05) is 44.0 Å². The summed E-state index contributed by atoms with van der Waals surface area (Å²) in [4.78, 5) is 13.3. The van der Waals surface area contributed by atoms with Crippen molar-refractivity contribution in [1.82, 2.24) is 5.32 Å². The van der Waals surface area contributed by atoms with Gasteiger partial charge >= 0.3 is 0 Å². The van der Waals surface area contributed by atoms with Crippen molar-refractivity contribution in [3.05, 3.63) is 57.1 Å². The van der Waals surface area contributed by atoms with E-state index in [2.05, 4.69) is 19.2 Å². The number of rotatable bonds is 9. The first kappa shape index (κ1) is 27.3. The minimum absolute atomic E-state index is 0.210. The molecule has 9 heteroatoms. The summed E-state index contributed by atoms with van der Waals surface area (Å²) in [5, 5.41) is 3.51. The molecule has 1 amide bonds. The lowest BCUT2D eigenvalue weighted by Crippen LogP contribution is -2.49. The normalized spacial score (nSPS) is 13.5. The van der Waals surface area contributed by atoms with E-state index < -0.39 is 22.0 Å². The van der Waals surface area contributed by atoms with Crippen LogP contribution in [-0.2, 0) is 14.8 Å². The number of nitrogens with zero attached hydrogens (tertiary/aromatic N) is 1. The number of carbonyl (C=O) groups excluding carboxylic acids is 1. The average molecular weight is 516 g/mol. The number of ether oxygens (including phenoxy) is 1. The fourth-order valence-corrected chi connectivity index (χ4v) is 5.38. The molecule has 6 nitrogen and oxygen atoms in total. The zero-order valence-electron chi connectivity index (χ0n) is 20.1. The molecule has 0 saturated heterocycles. The van der Waals surface area contributed by atoms with Crippen molar-refractivity contribution >= 4 is 44.8 Å². The highest BCUT2D eigenvalue weighted by Gasteiger charge is 2.32. The molecule has 0 heterocycles. The number of carbonyl (C=O) groups is 1. The molecule has 1 N–H and O–H groups in total. The van der Waals surface area contributed by atoms with E-state index in [9.17, 15) is 13.2 Å². The van der Waals surface area contributed by atoms with Crippen molar-refractivity contribution in [1.29, 1.82) is 0 Å². The second-order valence-electron chi connectivity index (χ2n) is 8.42. The zero-order chi connectivity index (χ0) is 25.1. The fraction of sp³-hybridized carbons (Fsp3) is 0.458. The fourth-order valence-electron chi connectivity index (χ4n) is 3.88. The van der Waals surface area contributed by atoms with Crippen LogP contribution in [0.25, 0.3) is 0 Å². The van der Waals surface area contributed by atoms with E-state index in [0.29, 0.717) is 5.02 Å². The molecule has 33 heavy (non-hydrogen) atoms. The summed E-state index contributed by atoms with van der Waals surface area (Å²) in [7, 11) is -2.15. The Bertz CT molecular complexity index is 1120. The van der Waals surface area contributed by atoms with Gasteiger partial charge in [0.25, 0.3) is 0 Å². The summed E-state index contributed by atoms with van der Waals surface area (Å²) in [6.07, 6.45) is 1.34. The summed E-state index contributed by atoms with van der Waals surface area (Å²) in [6, 6.07) is 7.21. The number of amides is 1. The number of hydrogen-bond acceptors (Lipinski definition) is 4. The summed E-state index contributed by atoms with van der Waals surface area (Å²) >= 11 is 12.1. The van der Waals surface area contributed by atoms with Gasteiger partial charge < -0.3 is 10.1 Å². The number of hydrogen-bond donors (Lipinski definition) is 1. The van der Waals surface area contributed by atoms with Gasteiger partial charge in [-0.05, 0) is 73.2 Å². The predicted octanol–water partition coefficient (Wildman–Crippen LogP) is 5.86. The molecule has 0 radical (unpaired) electrons. The Hall–Kier alpha value is -1.96. The summed E-state index contributed by atoms with van der Waals surface area (Å²) in [5.41, 5.74) is 3.24. The molecule has 2 rings (SSSR count). The van der Waals surface area contributed by atoms with Gasteiger partial charge in [-0.2, -0.15) is 0 Å². The lowest BCUT2D eigenvalue weighted by molar-refractivity contribution is -0.122. The number of methoxy groups -OCH3 is 1. The van der Waals surface area contributed by atoms with Crippen LogP contribution >= 0.6 is 23.2 Å². The molecule has 2 aromatic rings. The van der Waals surface area contributed by atoms with Gasteiger partial charge in [-0.25, -0.2) is 8.42 Å². The maximum Gasteiger partial charge on any atom is 0.244 e. The van der Waals surface area contributed by atoms with Gasteiger partial charge in [0.15, 0.2) is 0 Å². The molecule has 0 bridgehead atoms.